The number of anilines is 2. The first-order valence-corrected chi connectivity index (χ1v) is 14.8. The molecule has 3 aromatic heterocycles. The van der Waals surface area contributed by atoms with Gasteiger partial charge >= 0.3 is 6.18 Å². The van der Waals surface area contributed by atoms with Crippen LogP contribution in [0.1, 0.15) is 32.7 Å². The van der Waals surface area contributed by atoms with E-state index in [1.54, 1.807) is 16.8 Å². The van der Waals surface area contributed by atoms with E-state index in [2.05, 4.69) is 48.9 Å². The van der Waals surface area contributed by atoms with Crippen LogP contribution < -0.4 is 10.2 Å². The Kier molecular flexibility index (Phi) is 8.71. The van der Waals surface area contributed by atoms with Gasteiger partial charge in [-0.05, 0) is 55.9 Å². The van der Waals surface area contributed by atoms with Gasteiger partial charge in [-0.25, -0.2) is 9.50 Å². The number of aromatic nitrogens is 4. The topological polar surface area (TPSA) is 85.1 Å². The molecule has 0 saturated carbocycles. The van der Waals surface area contributed by atoms with Gasteiger partial charge in [0.15, 0.2) is 5.65 Å². The maximum Gasteiger partial charge on any atom is 0.416 e. The third-order valence-corrected chi connectivity index (χ3v) is 8.17. The summed E-state index contributed by atoms with van der Waals surface area (Å²) in [7, 11) is 4.10. The van der Waals surface area contributed by atoms with Gasteiger partial charge in [0.25, 0.3) is 5.91 Å². The minimum atomic E-state index is -4.56. The SMILES string of the molecule is CN1CCN(Cc2ccc(NC(=O)c3cncc(C#Cc4cnc5ccc(N6CCN(C)CC6)nn45)c3)cc2C(F)(F)F)CC1. The molecule has 2 aliphatic rings. The Hall–Kier alpha value is -4.51. The molecule has 5 heterocycles. The number of nitrogens with zero attached hydrogens (tertiary/aromatic N) is 8. The van der Waals surface area contributed by atoms with E-state index in [1.807, 2.05) is 24.1 Å². The quantitative estimate of drug-likeness (QED) is 0.342. The molecule has 13 heteroatoms. The van der Waals surface area contributed by atoms with Gasteiger partial charge in [0.1, 0.15) is 11.5 Å². The molecule has 234 valence electrons. The second-order valence-corrected chi connectivity index (χ2v) is 11.5. The fourth-order valence-corrected chi connectivity index (χ4v) is 5.43. The number of alkyl halides is 3. The number of benzene rings is 1. The first kappa shape index (κ1) is 30.5. The van der Waals surface area contributed by atoms with Crippen molar-refractivity contribution >= 4 is 23.1 Å². The number of halogens is 3. The number of likely N-dealkylation sites (N-methyl/N-ethyl adjacent to an activating group) is 2. The third-order valence-electron chi connectivity index (χ3n) is 8.17. The Bertz CT molecular complexity index is 1740. The molecule has 2 saturated heterocycles. The Morgan fingerprint density at radius 1 is 0.889 bits per heavy atom. The Balaban J connectivity index is 1.17. The molecule has 10 nitrogen and oxygen atoms in total. The summed E-state index contributed by atoms with van der Waals surface area (Å²) in [6.45, 7) is 6.88. The number of amides is 1. The van der Waals surface area contributed by atoms with Crippen LogP contribution in [0, 0.1) is 11.8 Å². The van der Waals surface area contributed by atoms with Crippen LogP contribution in [0.3, 0.4) is 0 Å². The second-order valence-electron chi connectivity index (χ2n) is 11.5. The van der Waals surface area contributed by atoms with Crippen LogP contribution in [-0.4, -0.2) is 107 Å². The van der Waals surface area contributed by atoms with Crippen molar-refractivity contribution in [2.24, 2.45) is 0 Å². The standard InChI is InChI=1S/C32H34F3N9O/c1-40-9-13-42(14-10-40)22-24-4-5-26(18-28(24)32(33,34)35)38-31(45)25-17-23(19-36-20-25)3-6-27-21-37-29-7-8-30(39-44(27)29)43-15-11-41(2)12-16-43/h4-5,7-8,17-21H,9-16,22H2,1-2H3,(H,38,45). The van der Waals surface area contributed by atoms with Gasteiger partial charge in [-0.2, -0.15) is 13.2 Å². The molecule has 4 aromatic rings. The zero-order valence-corrected chi connectivity index (χ0v) is 25.2. The van der Waals surface area contributed by atoms with E-state index in [0.717, 1.165) is 51.2 Å². The van der Waals surface area contributed by atoms with Crippen LogP contribution in [0.15, 0.2) is 55.0 Å². The molecular weight excluding hydrogens is 583 g/mol. The molecule has 45 heavy (non-hydrogen) atoms. The van der Waals surface area contributed by atoms with E-state index in [9.17, 15) is 18.0 Å². The molecule has 6 rings (SSSR count). The lowest BCUT2D eigenvalue weighted by Gasteiger charge is -2.33. The Labute approximate surface area is 259 Å². The Morgan fingerprint density at radius 2 is 1.62 bits per heavy atom. The van der Waals surface area contributed by atoms with Crippen molar-refractivity contribution in [1.82, 2.24) is 34.3 Å². The molecule has 0 atom stereocenters. The van der Waals surface area contributed by atoms with E-state index < -0.39 is 17.6 Å². The van der Waals surface area contributed by atoms with E-state index in [-0.39, 0.29) is 23.4 Å². The number of hydrogen-bond acceptors (Lipinski definition) is 8. The van der Waals surface area contributed by atoms with Crippen molar-refractivity contribution in [2.45, 2.75) is 12.7 Å². The molecular formula is C32H34F3N9O. The minimum Gasteiger partial charge on any atom is -0.353 e. The molecule has 1 N–H and O–H groups in total. The number of rotatable bonds is 5. The van der Waals surface area contributed by atoms with Crippen LogP contribution in [0.25, 0.3) is 5.65 Å². The fourth-order valence-electron chi connectivity index (χ4n) is 5.43. The van der Waals surface area contributed by atoms with Gasteiger partial charge in [0.2, 0.25) is 0 Å². The highest BCUT2D eigenvalue weighted by atomic mass is 19.4. The summed E-state index contributed by atoms with van der Waals surface area (Å²) >= 11 is 0. The molecule has 0 aliphatic carbocycles. The molecule has 1 aromatic carbocycles. The predicted molar refractivity (Wildman–Crippen MR) is 165 cm³/mol. The van der Waals surface area contributed by atoms with Crippen LogP contribution in [0.4, 0.5) is 24.7 Å². The first-order valence-electron chi connectivity index (χ1n) is 14.8. The highest BCUT2D eigenvalue weighted by Crippen LogP contribution is 2.34. The van der Waals surface area contributed by atoms with E-state index in [1.165, 1.54) is 24.5 Å². The lowest BCUT2D eigenvalue weighted by atomic mass is 10.0. The van der Waals surface area contributed by atoms with Crippen molar-refractivity contribution < 1.29 is 18.0 Å². The molecule has 0 radical (unpaired) electrons. The number of pyridine rings is 1. The third kappa shape index (κ3) is 7.25. The first-order chi connectivity index (χ1) is 21.6. The number of hydrogen-bond donors (Lipinski definition) is 1. The van der Waals surface area contributed by atoms with Gasteiger partial charge in [-0.3, -0.25) is 14.7 Å². The van der Waals surface area contributed by atoms with Gasteiger partial charge in [0, 0.05) is 82.5 Å². The lowest BCUT2D eigenvalue weighted by molar-refractivity contribution is -0.138. The summed E-state index contributed by atoms with van der Waals surface area (Å²) in [5.74, 6) is 6.33. The summed E-state index contributed by atoms with van der Waals surface area (Å²) in [4.78, 5) is 30.2. The number of fused-ring (bicyclic) bond motifs is 1. The highest BCUT2D eigenvalue weighted by molar-refractivity contribution is 6.04. The maximum absolute atomic E-state index is 14.0. The lowest BCUT2D eigenvalue weighted by Crippen LogP contribution is -2.44. The summed E-state index contributed by atoms with van der Waals surface area (Å²) < 4.78 is 43.7. The smallest absolute Gasteiger partial charge is 0.353 e. The van der Waals surface area contributed by atoms with Crippen LogP contribution >= 0.6 is 0 Å². The monoisotopic (exact) mass is 617 g/mol. The largest absolute Gasteiger partial charge is 0.416 e. The summed E-state index contributed by atoms with van der Waals surface area (Å²) in [6, 6.07) is 9.35. The summed E-state index contributed by atoms with van der Waals surface area (Å²) in [6.07, 6.45) is -0.0492. The van der Waals surface area contributed by atoms with Crippen molar-refractivity contribution in [2.75, 3.05) is 76.7 Å². The minimum absolute atomic E-state index is 0.0545. The van der Waals surface area contributed by atoms with Gasteiger partial charge < -0.3 is 20.0 Å². The van der Waals surface area contributed by atoms with E-state index in [4.69, 9.17) is 5.10 Å². The highest BCUT2D eigenvalue weighted by Gasteiger charge is 2.34. The Morgan fingerprint density at radius 3 is 2.36 bits per heavy atom. The number of nitrogens with one attached hydrogen (secondary N) is 1. The normalized spacial score (nSPS) is 16.9. The molecule has 1 amide bonds. The summed E-state index contributed by atoms with van der Waals surface area (Å²) in [5.41, 5.74) is 1.36. The van der Waals surface area contributed by atoms with Crippen LogP contribution in [-0.2, 0) is 12.7 Å². The van der Waals surface area contributed by atoms with Gasteiger partial charge in [-0.15, -0.1) is 5.10 Å². The summed E-state index contributed by atoms with van der Waals surface area (Å²) in [5, 5.41) is 7.34. The second kappa shape index (κ2) is 12.8. The number of carbonyl (C=O) groups excluding carboxylic acids is 1. The molecule has 2 fully saturated rings. The van der Waals surface area contributed by atoms with Crippen molar-refractivity contribution in [3.8, 4) is 11.8 Å². The maximum atomic E-state index is 14.0. The van der Waals surface area contributed by atoms with Gasteiger partial charge in [0.05, 0.1) is 17.3 Å². The molecule has 0 bridgehead atoms. The number of carbonyl (C=O) groups is 1. The van der Waals surface area contributed by atoms with E-state index >= 15 is 0 Å². The van der Waals surface area contributed by atoms with Gasteiger partial charge in [-0.1, -0.05) is 12.0 Å². The number of imidazole rings is 1. The van der Waals surface area contributed by atoms with Crippen molar-refractivity contribution in [3.63, 3.8) is 0 Å². The zero-order valence-electron chi connectivity index (χ0n) is 25.2. The fraction of sp³-hybridized carbons (Fsp3) is 0.375. The zero-order chi connectivity index (χ0) is 31.6. The predicted octanol–water partition coefficient (Wildman–Crippen LogP) is 3.29. The number of piperazine rings is 2. The van der Waals surface area contributed by atoms with Crippen LogP contribution in [0.5, 0.6) is 0 Å². The van der Waals surface area contributed by atoms with Crippen molar-refractivity contribution in [3.05, 3.63) is 82.9 Å². The average molecular weight is 618 g/mol. The van der Waals surface area contributed by atoms with Crippen molar-refractivity contribution in [1.29, 1.82) is 0 Å². The van der Waals surface area contributed by atoms with E-state index in [0.29, 0.717) is 30.0 Å². The molecule has 0 unspecified atom stereocenters. The molecule has 2 aliphatic heterocycles. The molecule has 0 spiro atoms. The van der Waals surface area contributed by atoms with Crippen LogP contribution in [0.2, 0.25) is 0 Å². The average Bonchev–Trinajstić information content (AvgIpc) is 3.44.